The largest absolute Gasteiger partial charge is 0.489 e. The minimum Gasteiger partial charge on any atom is -0.489 e. The normalized spacial score (nSPS) is 22.9. The van der Waals surface area contributed by atoms with Crippen molar-refractivity contribution in [2.24, 2.45) is 0 Å². The fourth-order valence-corrected chi connectivity index (χ4v) is 3.94. The molecule has 3 nitrogen and oxygen atoms in total. The second-order valence-corrected chi connectivity index (χ2v) is 7.00. The Morgan fingerprint density at radius 1 is 1.22 bits per heavy atom. The number of rotatable bonds is 5. The number of carbonyl (C=O) groups is 1. The molecule has 0 saturated heterocycles. The van der Waals surface area contributed by atoms with Gasteiger partial charge in [-0.3, -0.25) is 4.79 Å². The van der Waals surface area contributed by atoms with E-state index in [9.17, 15) is 9.90 Å². The van der Waals surface area contributed by atoms with Crippen molar-refractivity contribution in [3.05, 3.63) is 65.7 Å². The summed E-state index contributed by atoms with van der Waals surface area (Å²) in [6.07, 6.45) is 0.349. The Kier molecular flexibility index (Phi) is 4.62. The quantitative estimate of drug-likeness (QED) is 0.902. The Morgan fingerprint density at radius 2 is 1.91 bits per heavy atom. The van der Waals surface area contributed by atoms with Gasteiger partial charge in [-0.15, -0.1) is 0 Å². The molecule has 1 N–H and O–H groups in total. The third-order valence-electron chi connectivity index (χ3n) is 4.31. The molecule has 0 radical (unpaired) electrons. The van der Waals surface area contributed by atoms with Gasteiger partial charge in [-0.05, 0) is 17.4 Å². The molecule has 0 aliphatic carbocycles. The molecular weight excluding hydrogens is 308 g/mol. The molecule has 1 aliphatic heterocycles. The van der Waals surface area contributed by atoms with Crippen molar-refractivity contribution in [1.29, 1.82) is 0 Å². The molecule has 120 valence electrons. The number of hydrogen-bond acceptors (Lipinski definition) is 3. The highest BCUT2D eigenvalue weighted by Crippen LogP contribution is 2.46. The summed E-state index contributed by atoms with van der Waals surface area (Å²) < 4.78 is 6.08. The predicted octanol–water partition coefficient (Wildman–Crippen LogP) is 3.96. The lowest BCUT2D eigenvalue weighted by Crippen LogP contribution is -2.46. The zero-order chi connectivity index (χ0) is 16.3. The molecule has 0 fully saturated rings. The lowest BCUT2D eigenvalue weighted by Gasteiger charge is -2.39. The van der Waals surface area contributed by atoms with Crippen molar-refractivity contribution in [1.82, 2.24) is 0 Å². The van der Waals surface area contributed by atoms with Gasteiger partial charge >= 0.3 is 5.97 Å². The first-order valence-corrected chi connectivity index (χ1v) is 8.96. The van der Waals surface area contributed by atoms with Crippen LogP contribution in [0.4, 0.5) is 0 Å². The molecular formula is C19H20O3S. The average molecular weight is 328 g/mol. The standard InChI is InChI=1S/C19H20O3S/c1-2-23-13-15-12-19(18(20)21,14-8-4-3-5-9-14)16-10-6-7-11-17(16)22-15/h3-11,15H,2,12-13H2,1H3,(H,20,21)/t15-,19-/m1/s1. The Hall–Kier alpha value is -1.94. The Bertz CT molecular complexity index is 686. The van der Waals surface area contributed by atoms with Gasteiger partial charge in [0.25, 0.3) is 0 Å². The van der Waals surface area contributed by atoms with Crippen LogP contribution in [0.5, 0.6) is 5.75 Å². The maximum absolute atomic E-state index is 12.4. The van der Waals surface area contributed by atoms with E-state index >= 15 is 0 Å². The highest BCUT2D eigenvalue weighted by atomic mass is 32.2. The van der Waals surface area contributed by atoms with Crippen LogP contribution in [0, 0.1) is 0 Å². The first-order valence-electron chi connectivity index (χ1n) is 7.81. The Morgan fingerprint density at radius 3 is 2.61 bits per heavy atom. The Labute approximate surface area is 140 Å². The van der Waals surface area contributed by atoms with Crippen LogP contribution in [0.15, 0.2) is 54.6 Å². The van der Waals surface area contributed by atoms with Gasteiger partial charge in [0.1, 0.15) is 17.3 Å². The van der Waals surface area contributed by atoms with Crippen LogP contribution in [0.3, 0.4) is 0 Å². The fourth-order valence-electron chi connectivity index (χ4n) is 3.26. The molecule has 0 spiro atoms. The highest BCUT2D eigenvalue weighted by molar-refractivity contribution is 7.99. The maximum Gasteiger partial charge on any atom is 0.318 e. The number of carboxylic acids is 1. The Balaban J connectivity index is 2.14. The van der Waals surface area contributed by atoms with E-state index in [0.717, 1.165) is 22.6 Å². The third-order valence-corrected chi connectivity index (χ3v) is 5.33. The fraction of sp³-hybridized carbons (Fsp3) is 0.316. The number of hydrogen-bond donors (Lipinski definition) is 1. The monoisotopic (exact) mass is 328 g/mol. The van der Waals surface area contributed by atoms with E-state index in [4.69, 9.17) is 4.74 Å². The summed E-state index contributed by atoms with van der Waals surface area (Å²) in [5.41, 5.74) is 0.515. The van der Waals surface area contributed by atoms with Crippen molar-refractivity contribution in [2.45, 2.75) is 24.9 Å². The lowest BCUT2D eigenvalue weighted by molar-refractivity contribution is -0.143. The van der Waals surface area contributed by atoms with Crippen molar-refractivity contribution in [3.63, 3.8) is 0 Å². The molecule has 1 aliphatic rings. The molecule has 3 rings (SSSR count). The zero-order valence-electron chi connectivity index (χ0n) is 13.1. The van der Waals surface area contributed by atoms with Gasteiger partial charge in [0.2, 0.25) is 0 Å². The molecule has 2 aromatic carbocycles. The lowest BCUT2D eigenvalue weighted by atomic mass is 9.69. The molecule has 4 heteroatoms. The van der Waals surface area contributed by atoms with Gasteiger partial charge in [0.05, 0.1) is 0 Å². The number of benzene rings is 2. The summed E-state index contributed by atoms with van der Waals surface area (Å²) >= 11 is 1.78. The van der Waals surface area contributed by atoms with E-state index in [-0.39, 0.29) is 6.10 Å². The van der Waals surface area contributed by atoms with E-state index in [0.29, 0.717) is 12.2 Å². The molecule has 0 aromatic heterocycles. The predicted molar refractivity (Wildman–Crippen MR) is 93.3 cm³/mol. The molecule has 0 bridgehead atoms. The van der Waals surface area contributed by atoms with Gasteiger partial charge in [-0.25, -0.2) is 0 Å². The number of thioether (sulfide) groups is 1. The topological polar surface area (TPSA) is 46.5 Å². The molecule has 2 atom stereocenters. The SMILES string of the molecule is CCSC[C@H]1C[C@@](C(=O)O)(c2ccccc2)c2ccccc2O1. The third kappa shape index (κ3) is 2.83. The van der Waals surface area contributed by atoms with E-state index in [1.54, 1.807) is 11.8 Å². The minimum atomic E-state index is -1.05. The number of para-hydroxylation sites is 1. The number of aliphatic carboxylic acids is 1. The molecule has 0 saturated carbocycles. The van der Waals surface area contributed by atoms with Crippen LogP contribution in [-0.2, 0) is 10.2 Å². The summed E-state index contributed by atoms with van der Waals surface area (Å²) in [6, 6.07) is 17.0. The molecule has 0 amide bonds. The molecule has 23 heavy (non-hydrogen) atoms. The van der Waals surface area contributed by atoms with Crippen LogP contribution in [0.25, 0.3) is 0 Å². The second kappa shape index (κ2) is 6.67. The summed E-state index contributed by atoms with van der Waals surface area (Å²) in [6.45, 7) is 2.10. The summed E-state index contributed by atoms with van der Waals surface area (Å²) in [4.78, 5) is 12.4. The van der Waals surface area contributed by atoms with Crippen molar-refractivity contribution in [2.75, 3.05) is 11.5 Å². The van der Waals surface area contributed by atoms with Crippen LogP contribution in [0.2, 0.25) is 0 Å². The van der Waals surface area contributed by atoms with E-state index in [2.05, 4.69) is 6.92 Å². The maximum atomic E-state index is 12.4. The second-order valence-electron chi connectivity index (χ2n) is 5.68. The summed E-state index contributed by atoms with van der Waals surface area (Å²) in [5.74, 6) is 1.66. The van der Waals surface area contributed by atoms with Gasteiger partial charge in [0.15, 0.2) is 0 Å². The minimum absolute atomic E-state index is 0.105. The summed E-state index contributed by atoms with van der Waals surface area (Å²) in [7, 11) is 0. The number of carboxylic acid groups (broad SMARTS) is 1. The van der Waals surface area contributed by atoms with Crippen molar-refractivity contribution >= 4 is 17.7 Å². The van der Waals surface area contributed by atoms with E-state index in [1.807, 2.05) is 54.6 Å². The average Bonchev–Trinajstić information content (AvgIpc) is 2.59. The van der Waals surface area contributed by atoms with E-state index < -0.39 is 11.4 Å². The van der Waals surface area contributed by atoms with Crippen molar-refractivity contribution < 1.29 is 14.6 Å². The van der Waals surface area contributed by atoms with Gasteiger partial charge in [-0.1, -0.05) is 55.5 Å². The van der Waals surface area contributed by atoms with Crippen molar-refractivity contribution in [3.8, 4) is 5.75 Å². The van der Waals surface area contributed by atoms with Crippen LogP contribution in [0.1, 0.15) is 24.5 Å². The van der Waals surface area contributed by atoms with Gasteiger partial charge < -0.3 is 9.84 Å². The number of fused-ring (bicyclic) bond motifs is 1. The smallest absolute Gasteiger partial charge is 0.318 e. The van der Waals surface area contributed by atoms with Gasteiger partial charge in [0, 0.05) is 17.7 Å². The molecule has 1 heterocycles. The van der Waals surface area contributed by atoms with Crippen LogP contribution < -0.4 is 4.74 Å². The van der Waals surface area contributed by atoms with Crippen LogP contribution >= 0.6 is 11.8 Å². The van der Waals surface area contributed by atoms with Crippen LogP contribution in [-0.4, -0.2) is 28.7 Å². The molecule has 2 aromatic rings. The molecule has 0 unspecified atom stereocenters. The first kappa shape index (κ1) is 15.9. The van der Waals surface area contributed by atoms with E-state index in [1.165, 1.54) is 0 Å². The first-order chi connectivity index (χ1) is 11.2. The summed E-state index contributed by atoms with van der Waals surface area (Å²) in [5, 5.41) is 10.2. The van der Waals surface area contributed by atoms with Gasteiger partial charge in [-0.2, -0.15) is 11.8 Å². The zero-order valence-corrected chi connectivity index (χ0v) is 13.9. The highest BCUT2D eigenvalue weighted by Gasteiger charge is 2.49. The number of ether oxygens (including phenoxy) is 1.